The Labute approximate surface area is 201 Å². The molecule has 3 amide bonds. The van der Waals surface area contributed by atoms with Crippen molar-refractivity contribution in [1.82, 2.24) is 10.5 Å². The van der Waals surface area contributed by atoms with Gasteiger partial charge in [0.05, 0.1) is 30.9 Å². The third kappa shape index (κ3) is 6.86. The summed E-state index contributed by atoms with van der Waals surface area (Å²) in [6.07, 6.45) is 0.832. The highest BCUT2D eigenvalue weighted by molar-refractivity contribution is 7.81. The number of nitrogens with one attached hydrogen (secondary N) is 1. The van der Waals surface area contributed by atoms with Crippen LogP contribution in [0.1, 0.15) is 57.9 Å². The molecular weight excluding hydrogens is 466 g/mol. The lowest BCUT2D eigenvalue weighted by Gasteiger charge is -2.21. The lowest BCUT2D eigenvalue weighted by atomic mass is 10.0. The van der Waals surface area contributed by atoms with E-state index in [2.05, 4.69) is 23.2 Å². The van der Waals surface area contributed by atoms with Gasteiger partial charge in [0.15, 0.2) is 0 Å². The number of aromatic hydroxyl groups is 1. The number of fused-ring (bicyclic) bond motifs is 1. The van der Waals surface area contributed by atoms with E-state index in [1.807, 2.05) is 13.8 Å². The minimum absolute atomic E-state index is 0.0335. The zero-order chi connectivity index (χ0) is 24.9. The third-order valence-electron chi connectivity index (χ3n) is 4.84. The zero-order valence-electron chi connectivity index (χ0n) is 19.0. The van der Waals surface area contributed by atoms with Gasteiger partial charge >= 0.3 is 5.97 Å². The maximum atomic E-state index is 12.0. The molecule has 2 aliphatic rings. The molecule has 34 heavy (non-hydrogen) atoms. The van der Waals surface area contributed by atoms with Crippen LogP contribution in [0, 0.1) is 0 Å². The number of phenolic OH excluding ortho intramolecular Hbond substituents is 1. The SMILES string of the molecule is CC(C)(S)CC(=O)NN=C1CCOc2cc(OCCCC(=O)ON3C(=O)CCC3=O)cc(O)c21. The Hall–Kier alpha value is -3.28. The number of carbonyl (C=O) groups is 4. The van der Waals surface area contributed by atoms with E-state index in [-0.39, 0.29) is 50.4 Å². The molecule has 0 aromatic heterocycles. The van der Waals surface area contributed by atoms with Gasteiger partial charge < -0.3 is 19.4 Å². The van der Waals surface area contributed by atoms with Crippen molar-refractivity contribution in [1.29, 1.82) is 0 Å². The van der Waals surface area contributed by atoms with Crippen LogP contribution in [0.15, 0.2) is 17.2 Å². The van der Waals surface area contributed by atoms with Crippen molar-refractivity contribution in [3.8, 4) is 17.2 Å². The summed E-state index contributed by atoms with van der Waals surface area (Å²) in [7, 11) is 0. The van der Waals surface area contributed by atoms with Crippen LogP contribution in [0.25, 0.3) is 0 Å². The largest absolute Gasteiger partial charge is 0.507 e. The first kappa shape index (κ1) is 25.3. The van der Waals surface area contributed by atoms with Gasteiger partial charge in [0.25, 0.3) is 11.8 Å². The standard InChI is InChI=1S/C22H27N3O8S/c1-22(2,34)12-17(27)24-23-14-7-9-32-16-11-13(10-15(26)21(14)16)31-8-3-4-20(30)33-25-18(28)5-6-19(25)29/h10-11,26,34H,3-9,12H2,1-2H3,(H,24,27). The van der Waals surface area contributed by atoms with Gasteiger partial charge in [-0.2, -0.15) is 17.7 Å². The summed E-state index contributed by atoms with van der Waals surface area (Å²) in [6, 6.07) is 2.98. The number of amides is 3. The summed E-state index contributed by atoms with van der Waals surface area (Å²) >= 11 is 4.33. The Morgan fingerprint density at radius 1 is 1.24 bits per heavy atom. The second-order valence-corrected chi connectivity index (χ2v) is 9.70. The van der Waals surface area contributed by atoms with Crippen LogP contribution >= 0.6 is 12.6 Å². The number of hydroxylamine groups is 2. The first-order chi connectivity index (χ1) is 16.0. The van der Waals surface area contributed by atoms with E-state index in [4.69, 9.17) is 14.3 Å². The third-order valence-corrected chi connectivity index (χ3v) is 5.00. The molecule has 1 saturated heterocycles. The molecule has 3 rings (SSSR count). The number of hydrogen-bond donors (Lipinski definition) is 3. The van der Waals surface area contributed by atoms with Crippen LogP contribution in [0.4, 0.5) is 0 Å². The zero-order valence-corrected chi connectivity index (χ0v) is 19.9. The summed E-state index contributed by atoms with van der Waals surface area (Å²) in [4.78, 5) is 51.6. The maximum absolute atomic E-state index is 12.0. The fourth-order valence-electron chi connectivity index (χ4n) is 3.33. The van der Waals surface area contributed by atoms with Gasteiger partial charge in [0.2, 0.25) is 5.91 Å². The van der Waals surface area contributed by atoms with Crippen LogP contribution in [-0.2, 0) is 24.0 Å². The Balaban J connectivity index is 1.54. The number of hydrogen-bond acceptors (Lipinski definition) is 10. The minimum Gasteiger partial charge on any atom is -0.507 e. The van der Waals surface area contributed by atoms with E-state index in [0.29, 0.717) is 40.9 Å². The highest BCUT2D eigenvalue weighted by atomic mass is 32.1. The second-order valence-electron chi connectivity index (χ2n) is 8.49. The number of imide groups is 1. The number of thiol groups is 1. The van der Waals surface area contributed by atoms with Gasteiger partial charge in [-0.1, -0.05) is 13.8 Å². The molecule has 1 aromatic rings. The molecule has 0 bridgehead atoms. The van der Waals surface area contributed by atoms with Crippen molar-refractivity contribution in [2.75, 3.05) is 13.2 Å². The Morgan fingerprint density at radius 3 is 2.62 bits per heavy atom. The Bertz CT molecular complexity index is 1000. The molecule has 0 unspecified atom stereocenters. The number of benzene rings is 1. The lowest BCUT2D eigenvalue weighted by Crippen LogP contribution is -2.32. The molecule has 0 spiro atoms. The number of carbonyl (C=O) groups excluding carboxylic acids is 4. The number of hydrazone groups is 1. The maximum Gasteiger partial charge on any atom is 0.333 e. The average molecular weight is 494 g/mol. The molecule has 184 valence electrons. The van der Waals surface area contributed by atoms with Gasteiger partial charge in [0, 0.05) is 42.6 Å². The van der Waals surface area contributed by atoms with E-state index in [9.17, 15) is 24.3 Å². The molecule has 2 aliphatic heterocycles. The summed E-state index contributed by atoms with van der Waals surface area (Å²) in [5, 5.41) is 15.2. The first-order valence-corrected chi connectivity index (χ1v) is 11.3. The van der Waals surface area contributed by atoms with Gasteiger partial charge in [-0.3, -0.25) is 14.4 Å². The van der Waals surface area contributed by atoms with Crippen LogP contribution in [0.5, 0.6) is 17.2 Å². The lowest BCUT2D eigenvalue weighted by molar-refractivity contribution is -0.197. The van der Waals surface area contributed by atoms with Crippen LogP contribution in [0.2, 0.25) is 0 Å². The van der Waals surface area contributed by atoms with Crippen molar-refractivity contribution < 1.29 is 38.6 Å². The fourth-order valence-corrected chi connectivity index (χ4v) is 3.48. The Morgan fingerprint density at radius 2 is 1.94 bits per heavy atom. The number of rotatable bonds is 9. The van der Waals surface area contributed by atoms with Gasteiger partial charge in [-0.05, 0) is 6.42 Å². The van der Waals surface area contributed by atoms with E-state index >= 15 is 0 Å². The average Bonchev–Trinajstić information content (AvgIpc) is 3.06. The molecule has 12 heteroatoms. The molecule has 0 atom stereocenters. The van der Waals surface area contributed by atoms with Gasteiger partial charge in [-0.15, -0.1) is 5.06 Å². The molecule has 2 heterocycles. The molecule has 0 aliphatic carbocycles. The van der Waals surface area contributed by atoms with E-state index in [1.165, 1.54) is 6.07 Å². The number of phenols is 1. The van der Waals surface area contributed by atoms with Crippen molar-refractivity contribution in [3.63, 3.8) is 0 Å². The first-order valence-electron chi connectivity index (χ1n) is 10.8. The van der Waals surface area contributed by atoms with Gasteiger partial charge in [-0.25, -0.2) is 10.2 Å². The van der Waals surface area contributed by atoms with Crippen molar-refractivity contribution in [3.05, 3.63) is 17.7 Å². The van der Waals surface area contributed by atoms with Crippen LogP contribution < -0.4 is 14.9 Å². The smallest absolute Gasteiger partial charge is 0.333 e. The van der Waals surface area contributed by atoms with Gasteiger partial charge in [0.1, 0.15) is 17.2 Å². The van der Waals surface area contributed by atoms with Crippen molar-refractivity contribution >= 4 is 42.0 Å². The van der Waals surface area contributed by atoms with Crippen molar-refractivity contribution in [2.24, 2.45) is 5.10 Å². The molecule has 1 aromatic carbocycles. The van der Waals surface area contributed by atoms with Crippen LogP contribution in [0.3, 0.4) is 0 Å². The highest BCUT2D eigenvalue weighted by Gasteiger charge is 2.32. The molecular formula is C22H27N3O8S. The summed E-state index contributed by atoms with van der Waals surface area (Å²) < 4.78 is 10.7. The summed E-state index contributed by atoms with van der Waals surface area (Å²) in [5.41, 5.74) is 3.33. The molecule has 2 N–H and O–H groups in total. The number of ether oxygens (including phenoxy) is 2. The number of nitrogens with zero attached hydrogens (tertiary/aromatic N) is 2. The van der Waals surface area contributed by atoms with E-state index in [0.717, 1.165) is 0 Å². The highest BCUT2D eigenvalue weighted by Crippen LogP contribution is 2.37. The quantitative estimate of drug-likeness (QED) is 0.205. The molecule has 0 radical (unpaired) electrons. The predicted molar refractivity (Wildman–Crippen MR) is 122 cm³/mol. The second kappa shape index (κ2) is 10.8. The predicted octanol–water partition coefficient (Wildman–Crippen LogP) is 1.86. The molecule has 0 saturated carbocycles. The molecule has 11 nitrogen and oxygen atoms in total. The Kier molecular flexibility index (Phi) is 8.02. The fraction of sp³-hybridized carbons (Fsp3) is 0.500. The van der Waals surface area contributed by atoms with E-state index < -0.39 is 22.5 Å². The normalized spacial score (nSPS) is 16.8. The minimum atomic E-state index is -0.715. The van der Waals surface area contributed by atoms with Crippen LogP contribution in [-0.4, -0.2) is 57.5 Å². The summed E-state index contributed by atoms with van der Waals surface area (Å²) in [5.74, 6) is -1.53. The molecule has 1 fully saturated rings. The topological polar surface area (TPSA) is 144 Å². The van der Waals surface area contributed by atoms with E-state index in [1.54, 1.807) is 6.07 Å². The summed E-state index contributed by atoms with van der Waals surface area (Å²) in [6.45, 7) is 4.06. The monoisotopic (exact) mass is 493 g/mol. The van der Waals surface area contributed by atoms with Crippen molar-refractivity contribution in [2.45, 2.75) is 57.1 Å².